The van der Waals surface area contributed by atoms with Crippen LogP contribution in [0.4, 0.5) is 4.79 Å². The second kappa shape index (κ2) is 11.3. The molecule has 2 aromatic heterocycles. The van der Waals surface area contributed by atoms with Crippen LogP contribution in [-0.2, 0) is 26.3 Å². The Morgan fingerprint density at radius 1 is 1.05 bits per heavy atom. The molecule has 43 heavy (non-hydrogen) atoms. The zero-order valence-electron chi connectivity index (χ0n) is 24.3. The summed E-state index contributed by atoms with van der Waals surface area (Å²) in [5, 5.41) is 2.50. The van der Waals surface area contributed by atoms with Crippen molar-refractivity contribution in [1.82, 2.24) is 30.2 Å². The van der Waals surface area contributed by atoms with E-state index in [2.05, 4.69) is 61.4 Å². The molecule has 2 aliphatic heterocycles. The van der Waals surface area contributed by atoms with Crippen LogP contribution in [0.1, 0.15) is 61.5 Å². The molecule has 222 valence electrons. The van der Waals surface area contributed by atoms with Gasteiger partial charge in [-0.05, 0) is 72.8 Å². The number of alkyl carbamates (subject to hydrolysis) is 1. The molecule has 0 saturated carbocycles. The van der Waals surface area contributed by atoms with E-state index in [1.165, 1.54) is 29.4 Å². The van der Waals surface area contributed by atoms with Crippen molar-refractivity contribution in [2.45, 2.75) is 56.6 Å². The van der Waals surface area contributed by atoms with Crippen molar-refractivity contribution in [3.63, 3.8) is 0 Å². The summed E-state index contributed by atoms with van der Waals surface area (Å²) in [6.45, 7) is 1.31. The summed E-state index contributed by atoms with van der Waals surface area (Å²) >= 11 is 0. The lowest BCUT2D eigenvalue weighted by Gasteiger charge is -2.38. The number of likely N-dealkylation sites (tertiary alicyclic amines) is 1. The van der Waals surface area contributed by atoms with Gasteiger partial charge in [0.15, 0.2) is 0 Å². The lowest BCUT2D eigenvalue weighted by Crippen LogP contribution is -2.40. The second-order valence-electron chi connectivity index (χ2n) is 11.6. The molecule has 2 fully saturated rings. The van der Waals surface area contributed by atoms with Gasteiger partial charge in [0.05, 0.1) is 48.9 Å². The first-order chi connectivity index (χ1) is 21.1. The fourth-order valence-corrected chi connectivity index (χ4v) is 7.25. The zero-order chi connectivity index (χ0) is 29.4. The maximum atomic E-state index is 12.9. The van der Waals surface area contributed by atoms with Crippen LogP contribution in [0, 0.1) is 0 Å². The van der Waals surface area contributed by atoms with Crippen LogP contribution < -0.4 is 5.32 Å². The summed E-state index contributed by atoms with van der Waals surface area (Å²) in [6.07, 6.45) is 11.7. The smallest absolute Gasteiger partial charge is 0.407 e. The minimum atomic E-state index is -0.615. The average molecular weight is 581 g/mol. The molecule has 10 heteroatoms. The lowest BCUT2D eigenvalue weighted by molar-refractivity contribution is -0.131. The number of benzene rings is 2. The first kappa shape index (κ1) is 27.4. The third-order valence-corrected chi connectivity index (χ3v) is 9.23. The number of nitrogens with zero attached hydrogens (tertiary/aromatic N) is 3. The topological polar surface area (TPSA) is 125 Å². The van der Waals surface area contributed by atoms with E-state index in [-0.39, 0.29) is 24.1 Å². The predicted molar refractivity (Wildman–Crippen MR) is 161 cm³/mol. The van der Waals surface area contributed by atoms with Crippen LogP contribution in [0.3, 0.4) is 0 Å². The number of nitrogens with one attached hydrogen (secondary N) is 3. The number of hydrogen-bond acceptors (Lipinski definition) is 6. The fourth-order valence-electron chi connectivity index (χ4n) is 7.25. The summed E-state index contributed by atoms with van der Waals surface area (Å²) in [5.74, 6) is 0.625. The van der Waals surface area contributed by atoms with E-state index in [0.717, 1.165) is 79.9 Å². The number of H-pyrrole nitrogens is 2. The molecule has 2 unspecified atom stereocenters. The molecule has 4 heterocycles. The van der Waals surface area contributed by atoms with Gasteiger partial charge in [0.2, 0.25) is 5.91 Å². The number of carbonyl (C=O) groups excluding carboxylic acids is 2. The predicted octanol–water partition coefficient (Wildman–Crippen LogP) is 5.50. The van der Waals surface area contributed by atoms with Crippen LogP contribution in [0.2, 0.25) is 0 Å². The van der Waals surface area contributed by atoms with E-state index in [9.17, 15) is 9.59 Å². The highest BCUT2D eigenvalue weighted by Crippen LogP contribution is 2.51. The number of ether oxygens (including phenoxy) is 2. The number of methoxy groups -OCH3 is 1. The van der Waals surface area contributed by atoms with Crippen LogP contribution in [0.5, 0.6) is 0 Å². The van der Waals surface area contributed by atoms with E-state index in [4.69, 9.17) is 9.72 Å². The molecule has 3 aliphatic rings. The van der Waals surface area contributed by atoms with Gasteiger partial charge in [0.1, 0.15) is 12.4 Å². The Labute approximate surface area is 250 Å². The third kappa shape index (κ3) is 4.99. The first-order valence-corrected chi connectivity index (χ1v) is 15.1. The highest BCUT2D eigenvalue weighted by Gasteiger charge is 2.43. The van der Waals surface area contributed by atoms with E-state index in [1.807, 2.05) is 12.4 Å². The van der Waals surface area contributed by atoms with Crippen LogP contribution in [-0.4, -0.2) is 63.6 Å². The molecule has 4 aromatic rings. The van der Waals surface area contributed by atoms with Gasteiger partial charge in [-0.1, -0.05) is 36.4 Å². The van der Waals surface area contributed by atoms with E-state index in [1.54, 1.807) is 11.2 Å². The van der Waals surface area contributed by atoms with Gasteiger partial charge in [-0.25, -0.2) is 14.8 Å². The molecular weight excluding hydrogens is 544 g/mol. The molecule has 0 bridgehead atoms. The molecule has 1 spiro atoms. The number of imidazole rings is 2. The Kier molecular flexibility index (Phi) is 7.22. The number of aromatic amines is 2. The Morgan fingerprint density at radius 2 is 1.86 bits per heavy atom. The monoisotopic (exact) mass is 580 g/mol. The molecule has 2 amide bonds. The molecule has 2 aromatic carbocycles. The van der Waals surface area contributed by atoms with Crippen LogP contribution >= 0.6 is 0 Å². The van der Waals surface area contributed by atoms with Gasteiger partial charge in [-0.2, -0.15) is 0 Å². The van der Waals surface area contributed by atoms with Crippen LogP contribution in [0.25, 0.3) is 33.6 Å². The summed E-state index contributed by atoms with van der Waals surface area (Å²) in [4.78, 5) is 41.9. The van der Waals surface area contributed by atoms with Gasteiger partial charge < -0.3 is 29.7 Å². The van der Waals surface area contributed by atoms with Crippen molar-refractivity contribution in [3.05, 3.63) is 72.1 Å². The maximum Gasteiger partial charge on any atom is 0.407 e. The van der Waals surface area contributed by atoms with Crippen molar-refractivity contribution in [2.75, 3.05) is 26.8 Å². The number of rotatable bonds is 6. The molecule has 10 nitrogen and oxygen atoms in total. The molecule has 3 N–H and O–H groups in total. The number of fused-ring (bicyclic) bond motifs is 2. The number of carbonyl (C=O) groups is 2. The first-order valence-electron chi connectivity index (χ1n) is 15.1. The Bertz CT molecular complexity index is 1620. The Morgan fingerprint density at radius 3 is 2.63 bits per heavy atom. The quantitative estimate of drug-likeness (QED) is 0.277. The van der Waals surface area contributed by atoms with Gasteiger partial charge in [0, 0.05) is 18.7 Å². The molecule has 1 aliphatic carbocycles. The molecule has 0 radical (unpaired) electrons. The highest BCUT2D eigenvalue weighted by atomic mass is 16.5. The largest absolute Gasteiger partial charge is 0.453 e. The normalized spacial score (nSPS) is 21.2. The molecule has 7 rings (SSSR count). The average Bonchev–Trinajstić information content (AvgIpc) is 3.87. The van der Waals surface area contributed by atoms with Crippen molar-refractivity contribution in [1.29, 1.82) is 0 Å². The van der Waals surface area contributed by atoms with Crippen molar-refractivity contribution in [2.24, 2.45) is 0 Å². The summed E-state index contributed by atoms with van der Waals surface area (Å²) in [7, 11) is 1.28. The summed E-state index contributed by atoms with van der Waals surface area (Å²) in [6, 6.07) is 13.0. The fraction of sp³-hybridized carbons (Fsp3) is 0.394. The van der Waals surface area contributed by atoms with Crippen molar-refractivity contribution < 1.29 is 19.1 Å². The van der Waals surface area contributed by atoms with E-state index >= 15 is 0 Å². The zero-order valence-corrected chi connectivity index (χ0v) is 24.3. The number of amides is 2. The third-order valence-electron chi connectivity index (χ3n) is 9.23. The summed E-state index contributed by atoms with van der Waals surface area (Å²) < 4.78 is 11.2. The minimum Gasteiger partial charge on any atom is -0.453 e. The summed E-state index contributed by atoms with van der Waals surface area (Å²) in [5.41, 5.74) is 8.95. The van der Waals surface area contributed by atoms with Crippen molar-refractivity contribution in [3.8, 4) is 33.6 Å². The van der Waals surface area contributed by atoms with Crippen molar-refractivity contribution >= 4 is 12.0 Å². The number of hydrogen-bond donors (Lipinski definition) is 3. The van der Waals surface area contributed by atoms with Gasteiger partial charge in [0.25, 0.3) is 0 Å². The second-order valence-corrected chi connectivity index (χ2v) is 11.6. The van der Waals surface area contributed by atoms with E-state index in [0.29, 0.717) is 6.54 Å². The minimum absolute atomic E-state index is 0.101. The standard InChI is InChI=1S/C33H36N6O4/c1-42-32(41)36-19-29(40)39-15-3-6-28(39)31-35-18-27(38-31)24-12-11-23(21-7-9-22(10-8-21)26-17-34-20-37-26)30-25(24)5-2-13-33(30)14-4-16-43-33/h7-12,17-18,20,28H,2-6,13-16,19H2,1H3,(H,34,37)(H,35,38)(H,36,41). The molecule has 2 saturated heterocycles. The lowest BCUT2D eigenvalue weighted by atomic mass is 9.72. The van der Waals surface area contributed by atoms with E-state index < -0.39 is 6.09 Å². The molecule has 2 atom stereocenters. The van der Waals surface area contributed by atoms with Gasteiger partial charge in [-0.15, -0.1) is 0 Å². The van der Waals surface area contributed by atoms with Gasteiger partial charge >= 0.3 is 6.09 Å². The van der Waals surface area contributed by atoms with Gasteiger partial charge in [-0.3, -0.25) is 4.79 Å². The SMILES string of the molecule is COC(=O)NCC(=O)N1CCCC1c1ncc(-c2ccc(-c3ccc(-c4cnc[nH]4)cc3)c3c2CCCC32CCCO2)[nH]1. The Balaban J connectivity index is 1.23. The molecular formula is C33H36N6O4. The number of aromatic nitrogens is 4. The Hall–Kier alpha value is -4.44. The van der Waals surface area contributed by atoms with Crippen LogP contribution in [0.15, 0.2) is 55.1 Å². The maximum absolute atomic E-state index is 12.9. The highest BCUT2D eigenvalue weighted by molar-refractivity contribution is 5.83.